The molecule has 0 amide bonds. The third-order valence-corrected chi connectivity index (χ3v) is 5.92. The standard InChI is InChI=1S/C30H26N2/c1-23-15-16-29(32-18-17-31-22-32)28(19-23)30-26(20-24-9-4-2-5-10-24)13-8-14-27(30)21-25-11-6-3-7-12-25/h2-19,22H,20-21H2,1H3. The molecule has 0 atom stereocenters. The van der Waals surface area contributed by atoms with Gasteiger partial charge in [0.25, 0.3) is 0 Å². The summed E-state index contributed by atoms with van der Waals surface area (Å²) in [7, 11) is 0. The van der Waals surface area contributed by atoms with Crippen molar-refractivity contribution in [3.63, 3.8) is 0 Å². The van der Waals surface area contributed by atoms with Gasteiger partial charge in [-0.15, -0.1) is 0 Å². The van der Waals surface area contributed by atoms with Crippen LogP contribution in [0.4, 0.5) is 0 Å². The van der Waals surface area contributed by atoms with E-state index in [-0.39, 0.29) is 0 Å². The van der Waals surface area contributed by atoms with Crippen LogP contribution >= 0.6 is 0 Å². The van der Waals surface area contributed by atoms with Crippen molar-refractivity contribution in [3.8, 4) is 16.8 Å². The van der Waals surface area contributed by atoms with Crippen LogP contribution in [0.2, 0.25) is 0 Å². The largest absolute Gasteiger partial charge is 0.306 e. The molecule has 2 heteroatoms. The van der Waals surface area contributed by atoms with Gasteiger partial charge < -0.3 is 4.57 Å². The lowest BCUT2D eigenvalue weighted by molar-refractivity contribution is 1.05. The Morgan fingerprint density at radius 3 is 1.88 bits per heavy atom. The molecule has 0 aliphatic carbocycles. The number of nitrogens with zero attached hydrogens (tertiary/aromatic N) is 2. The lowest BCUT2D eigenvalue weighted by Gasteiger charge is -2.20. The summed E-state index contributed by atoms with van der Waals surface area (Å²) in [5.74, 6) is 0. The Kier molecular flexibility index (Phi) is 5.67. The summed E-state index contributed by atoms with van der Waals surface area (Å²) in [6.07, 6.45) is 7.53. The molecule has 1 aromatic heterocycles. The molecule has 0 bridgehead atoms. The van der Waals surface area contributed by atoms with Crippen molar-refractivity contribution in [3.05, 3.63) is 144 Å². The first-order valence-corrected chi connectivity index (χ1v) is 11.1. The average Bonchev–Trinajstić information content (AvgIpc) is 3.35. The molecule has 1 heterocycles. The fraction of sp³-hybridized carbons (Fsp3) is 0.100. The Morgan fingerprint density at radius 1 is 0.688 bits per heavy atom. The highest BCUT2D eigenvalue weighted by Crippen LogP contribution is 2.36. The lowest BCUT2D eigenvalue weighted by Crippen LogP contribution is -2.03. The van der Waals surface area contributed by atoms with Crippen LogP contribution in [0.25, 0.3) is 16.8 Å². The van der Waals surface area contributed by atoms with E-state index in [0.717, 1.165) is 18.5 Å². The first kappa shape index (κ1) is 20.0. The minimum atomic E-state index is 0.899. The first-order chi connectivity index (χ1) is 15.8. The van der Waals surface area contributed by atoms with Gasteiger partial charge in [-0.1, -0.05) is 90.5 Å². The Bertz CT molecular complexity index is 1240. The van der Waals surface area contributed by atoms with E-state index in [4.69, 9.17) is 0 Å². The first-order valence-electron chi connectivity index (χ1n) is 11.1. The molecule has 0 radical (unpaired) electrons. The minimum Gasteiger partial charge on any atom is -0.306 e. The Labute approximate surface area is 189 Å². The van der Waals surface area contributed by atoms with Crippen molar-refractivity contribution in [2.45, 2.75) is 19.8 Å². The smallest absolute Gasteiger partial charge is 0.0991 e. The zero-order chi connectivity index (χ0) is 21.8. The molecule has 0 unspecified atom stereocenters. The Morgan fingerprint density at radius 2 is 1.31 bits per heavy atom. The molecule has 0 N–H and O–H groups in total. The lowest BCUT2D eigenvalue weighted by atomic mass is 9.87. The molecule has 2 nitrogen and oxygen atoms in total. The second-order valence-corrected chi connectivity index (χ2v) is 8.27. The van der Waals surface area contributed by atoms with Crippen molar-refractivity contribution < 1.29 is 0 Å². The van der Waals surface area contributed by atoms with Gasteiger partial charge in [0, 0.05) is 18.0 Å². The number of hydrogen-bond acceptors (Lipinski definition) is 1. The maximum atomic E-state index is 4.30. The van der Waals surface area contributed by atoms with Crippen LogP contribution in [-0.2, 0) is 12.8 Å². The molecule has 156 valence electrons. The quantitative estimate of drug-likeness (QED) is 0.292. The van der Waals surface area contributed by atoms with Crippen molar-refractivity contribution >= 4 is 0 Å². The molecule has 4 aromatic carbocycles. The third-order valence-electron chi connectivity index (χ3n) is 5.92. The van der Waals surface area contributed by atoms with Gasteiger partial charge in [-0.25, -0.2) is 4.98 Å². The Hall–Kier alpha value is -3.91. The fourth-order valence-electron chi connectivity index (χ4n) is 4.40. The van der Waals surface area contributed by atoms with Gasteiger partial charge in [0.15, 0.2) is 0 Å². The minimum absolute atomic E-state index is 0.899. The molecule has 0 aliphatic heterocycles. The van der Waals surface area contributed by atoms with Crippen LogP contribution in [0.1, 0.15) is 27.8 Å². The molecular formula is C30H26N2. The van der Waals surface area contributed by atoms with Crippen LogP contribution in [0.3, 0.4) is 0 Å². The number of aromatic nitrogens is 2. The van der Waals surface area contributed by atoms with E-state index in [1.165, 1.54) is 38.9 Å². The molecule has 0 spiro atoms. The van der Waals surface area contributed by atoms with Crippen molar-refractivity contribution in [1.82, 2.24) is 9.55 Å². The van der Waals surface area contributed by atoms with Gasteiger partial charge in [-0.05, 0) is 59.7 Å². The summed E-state index contributed by atoms with van der Waals surface area (Å²) >= 11 is 0. The monoisotopic (exact) mass is 414 g/mol. The number of rotatable bonds is 6. The van der Waals surface area contributed by atoms with Gasteiger partial charge >= 0.3 is 0 Å². The van der Waals surface area contributed by atoms with E-state index in [9.17, 15) is 0 Å². The molecule has 0 saturated heterocycles. The zero-order valence-electron chi connectivity index (χ0n) is 18.3. The van der Waals surface area contributed by atoms with E-state index in [0.29, 0.717) is 0 Å². The van der Waals surface area contributed by atoms with E-state index in [1.807, 2.05) is 18.7 Å². The summed E-state index contributed by atoms with van der Waals surface area (Å²) in [5.41, 5.74) is 10.3. The summed E-state index contributed by atoms with van der Waals surface area (Å²) in [6, 6.07) is 34.9. The number of aryl methyl sites for hydroxylation is 1. The highest BCUT2D eigenvalue weighted by atomic mass is 15.0. The second-order valence-electron chi connectivity index (χ2n) is 8.27. The molecular weight excluding hydrogens is 388 g/mol. The second kappa shape index (κ2) is 9.07. The number of hydrogen-bond donors (Lipinski definition) is 0. The van der Waals surface area contributed by atoms with Crippen LogP contribution in [0.5, 0.6) is 0 Å². The van der Waals surface area contributed by atoms with Crippen molar-refractivity contribution in [2.75, 3.05) is 0 Å². The summed E-state index contributed by atoms with van der Waals surface area (Å²) < 4.78 is 2.11. The van der Waals surface area contributed by atoms with Crippen LogP contribution in [0.15, 0.2) is 116 Å². The van der Waals surface area contributed by atoms with Crippen LogP contribution in [0, 0.1) is 6.92 Å². The van der Waals surface area contributed by atoms with Gasteiger partial charge in [0.1, 0.15) is 0 Å². The molecule has 0 aliphatic rings. The SMILES string of the molecule is Cc1ccc(-n2ccnc2)c(-c2c(Cc3ccccc3)cccc2Cc2ccccc2)c1. The molecule has 5 rings (SSSR count). The molecule has 0 saturated carbocycles. The number of benzene rings is 4. The summed E-state index contributed by atoms with van der Waals surface area (Å²) in [4.78, 5) is 4.30. The van der Waals surface area contributed by atoms with Gasteiger partial charge in [-0.2, -0.15) is 0 Å². The maximum Gasteiger partial charge on any atom is 0.0991 e. The van der Waals surface area contributed by atoms with Gasteiger partial charge in [0.05, 0.1) is 12.0 Å². The summed E-state index contributed by atoms with van der Waals surface area (Å²) in [5, 5.41) is 0. The van der Waals surface area contributed by atoms with Gasteiger partial charge in [0.2, 0.25) is 0 Å². The van der Waals surface area contributed by atoms with E-state index >= 15 is 0 Å². The van der Waals surface area contributed by atoms with Crippen molar-refractivity contribution in [1.29, 1.82) is 0 Å². The predicted octanol–water partition coefficient (Wildman–Crippen LogP) is 7.03. The predicted molar refractivity (Wildman–Crippen MR) is 132 cm³/mol. The highest BCUT2D eigenvalue weighted by Gasteiger charge is 2.16. The van der Waals surface area contributed by atoms with E-state index in [2.05, 4.69) is 114 Å². The molecule has 32 heavy (non-hydrogen) atoms. The molecule has 0 fully saturated rings. The average molecular weight is 415 g/mol. The number of imidazole rings is 1. The van der Waals surface area contributed by atoms with E-state index < -0.39 is 0 Å². The van der Waals surface area contributed by atoms with Crippen LogP contribution < -0.4 is 0 Å². The highest BCUT2D eigenvalue weighted by molar-refractivity contribution is 5.79. The normalized spacial score (nSPS) is 10.9. The third kappa shape index (κ3) is 4.26. The topological polar surface area (TPSA) is 17.8 Å². The zero-order valence-corrected chi connectivity index (χ0v) is 18.3. The summed E-state index contributed by atoms with van der Waals surface area (Å²) in [6.45, 7) is 2.16. The molecule has 5 aromatic rings. The Balaban J connectivity index is 1.71. The maximum absolute atomic E-state index is 4.30. The fourth-order valence-corrected chi connectivity index (χ4v) is 4.40. The van der Waals surface area contributed by atoms with Crippen molar-refractivity contribution in [2.24, 2.45) is 0 Å². The van der Waals surface area contributed by atoms with Crippen LogP contribution in [-0.4, -0.2) is 9.55 Å². The van der Waals surface area contributed by atoms with E-state index in [1.54, 1.807) is 0 Å². The van der Waals surface area contributed by atoms with Gasteiger partial charge in [-0.3, -0.25) is 0 Å².